The number of hydrogen-bond acceptors (Lipinski definition) is 5. The summed E-state index contributed by atoms with van der Waals surface area (Å²) in [7, 11) is 0. The van der Waals surface area contributed by atoms with Crippen LogP contribution in [0.1, 0.15) is 43.4 Å². The Morgan fingerprint density at radius 3 is 2.43 bits per heavy atom. The number of rotatable bonds is 8. The average molecular weight is 455 g/mol. The molecule has 9 heteroatoms. The molecule has 0 saturated carbocycles. The van der Waals surface area contributed by atoms with E-state index < -0.39 is 0 Å². The van der Waals surface area contributed by atoms with Crippen molar-refractivity contribution in [3.05, 3.63) is 56.0 Å². The fourth-order valence-electron chi connectivity index (χ4n) is 3.53. The number of carbonyl (C=O) groups excluding carboxylic acids is 2. The zero-order valence-corrected chi connectivity index (χ0v) is 18.0. The number of aromatic amines is 1. The summed E-state index contributed by atoms with van der Waals surface area (Å²) >= 11 is 11.9. The molecule has 30 heavy (non-hydrogen) atoms. The number of carbonyl (C=O) groups is 2. The monoisotopic (exact) mass is 454 g/mol. The maximum absolute atomic E-state index is 12.3. The third-order valence-corrected chi connectivity index (χ3v) is 5.65. The first-order valence-corrected chi connectivity index (χ1v) is 10.7. The molecular weight excluding hydrogens is 431 g/mol. The van der Waals surface area contributed by atoms with Gasteiger partial charge in [-0.05, 0) is 48.9 Å². The third kappa shape index (κ3) is 6.92. The minimum atomic E-state index is -0.353. The molecule has 0 bridgehead atoms. The van der Waals surface area contributed by atoms with Gasteiger partial charge in [0.05, 0.1) is 0 Å². The lowest BCUT2D eigenvalue weighted by molar-refractivity contribution is -0.119. The average Bonchev–Trinajstić information content (AvgIpc) is 3.14. The third-order valence-electron chi connectivity index (χ3n) is 5.21. The molecule has 7 nitrogen and oxygen atoms in total. The van der Waals surface area contributed by atoms with E-state index in [2.05, 4.69) is 5.16 Å². The molecule has 162 valence electrons. The van der Waals surface area contributed by atoms with Crippen LogP contribution < -0.4 is 5.56 Å². The highest BCUT2D eigenvalue weighted by Gasteiger charge is 2.24. The quantitative estimate of drug-likeness (QED) is 0.628. The molecule has 1 aliphatic heterocycles. The summed E-state index contributed by atoms with van der Waals surface area (Å²) in [4.78, 5) is 37.1. The molecule has 3 rings (SSSR count). The van der Waals surface area contributed by atoms with E-state index in [1.54, 1.807) is 23.1 Å². The first-order valence-electron chi connectivity index (χ1n) is 9.95. The molecule has 0 unspecified atom stereocenters. The van der Waals surface area contributed by atoms with E-state index in [1.807, 2.05) is 0 Å². The van der Waals surface area contributed by atoms with Gasteiger partial charge < -0.3 is 14.2 Å². The fraction of sp³-hybridized carbons (Fsp3) is 0.476. The van der Waals surface area contributed by atoms with Crippen LogP contribution in [0.2, 0.25) is 10.0 Å². The lowest BCUT2D eigenvalue weighted by Crippen LogP contribution is -2.38. The van der Waals surface area contributed by atoms with Crippen LogP contribution in [0.25, 0.3) is 0 Å². The van der Waals surface area contributed by atoms with Crippen molar-refractivity contribution in [1.29, 1.82) is 0 Å². The molecule has 0 atom stereocenters. The number of amides is 1. The predicted molar refractivity (Wildman–Crippen MR) is 113 cm³/mol. The predicted octanol–water partition coefficient (Wildman–Crippen LogP) is 4.61. The van der Waals surface area contributed by atoms with Crippen molar-refractivity contribution in [2.75, 3.05) is 13.1 Å². The number of hydrogen-bond donors (Lipinski definition) is 1. The van der Waals surface area contributed by atoms with Gasteiger partial charge in [0.15, 0.2) is 0 Å². The second kappa shape index (κ2) is 10.7. The van der Waals surface area contributed by atoms with Crippen LogP contribution in [-0.2, 0) is 22.6 Å². The Hall–Kier alpha value is -2.25. The van der Waals surface area contributed by atoms with Crippen LogP contribution in [0.15, 0.2) is 33.6 Å². The van der Waals surface area contributed by atoms with Gasteiger partial charge >= 0.3 is 6.09 Å². The van der Waals surface area contributed by atoms with Gasteiger partial charge in [-0.15, -0.1) is 0 Å². The normalized spacial score (nSPS) is 14.7. The number of nitrogens with one attached hydrogen (secondary N) is 1. The number of aryl methyl sites for hydroxylation is 1. The van der Waals surface area contributed by atoms with Gasteiger partial charge in [-0.25, -0.2) is 4.79 Å². The van der Waals surface area contributed by atoms with E-state index in [0.29, 0.717) is 54.1 Å². The Bertz CT molecular complexity index is 911. The summed E-state index contributed by atoms with van der Waals surface area (Å²) in [6, 6.07) is 6.42. The standard InChI is InChI=1S/C21H24Cl2N2O5/c22-16-9-15(10-17(23)11-16)13-29-21(28)25-7-5-14(6-8-25)1-2-18(26)3-4-19-12-20(27)24-30-19/h9-12,14H,1-8,13H2,(H,24,27). The van der Waals surface area contributed by atoms with Gasteiger partial charge in [0.1, 0.15) is 18.2 Å². The van der Waals surface area contributed by atoms with Crippen molar-refractivity contribution in [3.63, 3.8) is 0 Å². The smallest absolute Gasteiger partial charge is 0.410 e. The minimum Gasteiger partial charge on any atom is -0.445 e. The molecule has 1 amide bonds. The number of ether oxygens (including phenoxy) is 1. The molecule has 0 radical (unpaired) electrons. The molecule has 1 fully saturated rings. The number of aromatic nitrogens is 1. The highest BCUT2D eigenvalue weighted by Crippen LogP contribution is 2.24. The Labute approximate surface area is 184 Å². The number of likely N-dealkylation sites (tertiary alicyclic amines) is 1. The van der Waals surface area contributed by atoms with E-state index >= 15 is 0 Å². The Kier molecular flexibility index (Phi) is 7.99. The Balaban J connectivity index is 1.33. The fourth-order valence-corrected chi connectivity index (χ4v) is 4.10. The summed E-state index contributed by atoms with van der Waals surface area (Å²) in [6.07, 6.45) is 3.43. The van der Waals surface area contributed by atoms with Crippen molar-refractivity contribution < 1.29 is 18.8 Å². The van der Waals surface area contributed by atoms with Gasteiger partial charge in [0.2, 0.25) is 0 Å². The van der Waals surface area contributed by atoms with E-state index in [9.17, 15) is 14.4 Å². The molecule has 1 N–H and O–H groups in total. The number of piperidine rings is 1. The number of halogens is 2. The van der Waals surface area contributed by atoms with Gasteiger partial charge in [-0.1, -0.05) is 23.2 Å². The topological polar surface area (TPSA) is 92.6 Å². The lowest BCUT2D eigenvalue weighted by atomic mass is 9.91. The molecule has 0 spiro atoms. The molecular formula is C21H24Cl2N2O5. The van der Waals surface area contributed by atoms with Gasteiger partial charge in [-0.2, -0.15) is 5.16 Å². The van der Waals surface area contributed by atoms with Gasteiger partial charge in [0.25, 0.3) is 5.56 Å². The van der Waals surface area contributed by atoms with Crippen molar-refractivity contribution >= 4 is 35.1 Å². The highest BCUT2D eigenvalue weighted by atomic mass is 35.5. The van der Waals surface area contributed by atoms with Gasteiger partial charge in [-0.3, -0.25) is 9.59 Å². The van der Waals surface area contributed by atoms with E-state index in [1.165, 1.54) is 6.07 Å². The Morgan fingerprint density at radius 1 is 1.10 bits per heavy atom. The van der Waals surface area contributed by atoms with Crippen LogP contribution in [0.4, 0.5) is 4.79 Å². The second-order valence-corrected chi connectivity index (χ2v) is 8.39. The highest BCUT2D eigenvalue weighted by molar-refractivity contribution is 6.34. The van der Waals surface area contributed by atoms with Crippen LogP contribution >= 0.6 is 23.2 Å². The van der Waals surface area contributed by atoms with Gasteiger partial charge in [0, 0.05) is 48.5 Å². The Morgan fingerprint density at radius 2 is 1.80 bits per heavy atom. The molecule has 1 aromatic heterocycles. The molecule has 1 aliphatic rings. The van der Waals surface area contributed by atoms with Crippen LogP contribution in [0.5, 0.6) is 0 Å². The maximum atomic E-state index is 12.3. The van der Waals surface area contributed by atoms with Crippen LogP contribution in [-0.4, -0.2) is 35.0 Å². The largest absolute Gasteiger partial charge is 0.445 e. The van der Waals surface area contributed by atoms with Crippen molar-refractivity contribution in [3.8, 4) is 0 Å². The molecule has 0 aliphatic carbocycles. The molecule has 2 heterocycles. The van der Waals surface area contributed by atoms with Crippen molar-refractivity contribution in [1.82, 2.24) is 10.1 Å². The zero-order chi connectivity index (χ0) is 21.5. The molecule has 1 saturated heterocycles. The van der Waals surface area contributed by atoms with Crippen molar-refractivity contribution in [2.24, 2.45) is 5.92 Å². The number of ketones is 1. The summed E-state index contributed by atoms with van der Waals surface area (Å²) in [6.45, 7) is 1.35. The van der Waals surface area contributed by atoms with Crippen molar-refractivity contribution in [2.45, 2.75) is 45.1 Å². The summed E-state index contributed by atoms with van der Waals surface area (Å²) < 4.78 is 10.3. The maximum Gasteiger partial charge on any atom is 0.410 e. The number of nitrogens with zero attached hydrogens (tertiary/aromatic N) is 1. The first kappa shape index (κ1) is 22.4. The minimum absolute atomic E-state index is 0.120. The summed E-state index contributed by atoms with van der Waals surface area (Å²) in [5.41, 5.74) is 0.451. The molecule has 1 aromatic carbocycles. The SMILES string of the molecule is O=C(CCc1cc(=O)[nH]o1)CCC1CCN(C(=O)OCc2cc(Cl)cc(Cl)c2)CC1. The van der Waals surface area contributed by atoms with Crippen LogP contribution in [0.3, 0.4) is 0 Å². The summed E-state index contributed by atoms with van der Waals surface area (Å²) in [5.74, 6) is 1.07. The zero-order valence-electron chi connectivity index (χ0n) is 16.5. The summed E-state index contributed by atoms with van der Waals surface area (Å²) in [5, 5.41) is 3.22. The lowest BCUT2D eigenvalue weighted by Gasteiger charge is -2.31. The number of Topliss-reactive ketones (excluding diaryl/α,β-unsaturated/α-hetero) is 1. The molecule has 2 aromatic rings. The van der Waals surface area contributed by atoms with E-state index in [4.69, 9.17) is 32.5 Å². The van der Waals surface area contributed by atoms with E-state index in [0.717, 1.165) is 24.8 Å². The second-order valence-electron chi connectivity index (χ2n) is 7.52. The first-order chi connectivity index (χ1) is 14.4. The van der Waals surface area contributed by atoms with Crippen LogP contribution in [0, 0.1) is 5.92 Å². The number of benzene rings is 1. The van der Waals surface area contributed by atoms with E-state index in [-0.39, 0.29) is 24.0 Å². The number of H-pyrrole nitrogens is 1.